The topological polar surface area (TPSA) is 99.6 Å². The molecule has 11 heteroatoms. The smallest absolute Gasteiger partial charge is 0.282 e. The molecule has 3 aromatic carbocycles. The van der Waals surface area contributed by atoms with Crippen LogP contribution in [0.2, 0.25) is 5.02 Å². The van der Waals surface area contributed by atoms with Gasteiger partial charge in [-0.3, -0.25) is 14.9 Å². The molecular formula is C26H21Br2ClN4O4. The summed E-state index contributed by atoms with van der Waals surface area (Å²) < 4.78 is 8.72. The first-order valence-corrected chi connectivity index (χ1v) is 13.3. The van der Waals surface area contributed by atoms with E-state index >= 15 is 0 Å². The molecule has 0 aliphatic heterocycles. The number of hydrogen-bond acceptors (Lipinski definition) is 6. The van der Waals surface area contributed by atoms with Gasteiger partial charge in [-0.05, 0) is 70.4 Å². The molecule has 0 unspecified atom stereocenters. The Balaban J connectivity index is 1.74. The fourth-order valence-corrected chi connectivity index (χ4v) is 4.91. The SMILES string of the molecule is CC[C@H](C)c1nc2ccc(Br)cc2c(=O)n1N=Cc1cc(Cl)cc(Br)c1OCc1ccc([N+](=O)[O-])cc1. The molecular weight excluding hydrogens is 628 g/mol. The number of halogens is 3. The predicted molar refractivity (Wildman–Crippen MR) is 152 cm³/mol. The Morgan fingerprint density at radius 2 is 1.92 bits per heavy atom. The van der Waals surface area contributed by atoms with E-state index in [9.17, 15) is 14.9 Å². The highest BCUT2D eigenvalue weighted by molar-refractivity contribution is 9.10. The fraction of sp³-hybridized carbons (Fsp3) is 0.192. The quantitative estimate of drug-likeness (QED) is 0.112. The lowest BCUT2D eigenvalue weighted by Gasteiger charge is -2.15. The minimum Gasteiger partial charge on any atom is -0.487 e. The average Bonchev–Trinajstić information content (AvgIpc) is 2.87. The van der Waals surface area contributed by atoms with Crippen LogP contribution in [0.5, 0.6) is 5.75 Å². The number of benzene rings is 3. The lowest BCUT2D eigenvalue weighted by Crippen LogP contribution is -2.23. The van der Waals surface area contributed by atoms with E-state index in [4.69, 9.17) is 21.3 Å². The number of fused-ring (bicyclic) bond motifs is 1. The maximum absolute atomic E-state index is 13.4. The molecule has 0 aliphatic carbocycles. The molecule has 0 fully saturated rings. The zero-order valence-electron chi connectivity index (χ0n) is 19.8. The standard InChI is InChI=1S/C26H21Br2ClN4O4/c1-3-15(2)25-31-23-9-6-18(27)11-21(23)26(34)32(25)30-13-17-10-19(29)12-22(28)24(17)37-14-16-4-7-20(8-5-16)33(35)36/h4-13,15H,3,14H2,1-2H3/t15-/m0/s1. The maximum atomic E-state index is 13.4. The lowest BCUT2D eigenvalue weighted by molar-refractivity contribution is -0.384. The minimum atomic E-state index is -0.453. The summed E-state index contributed by atoms with van der Waals surface area (Å²) in [7, 11) is 0. The Labute approximate surface area is 234 Å². The van der Waals surface area contributed by atoms with E-state index in [1.165, 1.54) is 23.0 Å². The van der Waals surface area contributed by atoms with Crippen molar-refractivity contribution in [3.05, 3.63) is 106 Å². The molecule has 0 spiro atoms. The van der Waals surface area contributed by atoms with Crippen LogP contribution in [-0.4, -0.2) is 20.8 Å². The third kappa shape index (κ3) is 6.08. The third-order valence-corrected chi connectivity index (χ3v) is 7.07. The molecule has 0 bridgehead atoms. The summed E-state index contributed by atoms with van der Waals surface area (Å²) in [6.07, 6.45) is 2.29. The monoisotopic (exact) mass is 646 g/mol. The van der Waals surface area contributed by atoms with Crippen LogP contribution in [0.1, 0.15) is 43.1 Å². The summed E-state index contributed by atoms with van der Waals surface area (Å²) in [5, 5.41) is 16.3. The van der Waals surface area contributed by atoms with Crippen LogP contribution in [0, 0.1) is 10.1 Å². The number of nitro benzene ring substituents is 1. The van der Waals surface area contributed by atoms with Crippen molar-refractivity contribution in [2.45, 2.75) is 32.8 Å². The largest absolute Gasteiger partial charge is 0.487 e. The van der Waals surface area contributed by atoms with E-state index in [1.807, 2.05) is 19.9 Å². The number of aromatic nitrogens is 2. The van der Waals surface area contributed by atoms with E-state index in [0.717, 1.165) is 16.5 Å². The number of hydrogen-bond donors (Lipinski definition) is 0. The van der Waals surface area contributed by atoms with E-state index < -0.39 is 4.92 Å². The summed E-state index contributed by atoms with van der Waals surface area (Å²) >= 11 is 13.2. The molecule has 37 heavy (non-hydrogen) atoms. The van der Waals surface area contributed by atoms with Crippen LogP contribution in [0.15, 0.2) is 73.4 Å². The van der Waals surface area contributed by atoms with Crippen molar-refractivity contribution in [2.75, 3.05) is 0 Å². The second-order valence-electron chi connectivity index (χ2n) is 8.32. The Morgan fingerprint density at radius 1 is 1.19 bits per heavy atom. The molecule has 1 aromatic heterocycles. The molecule has 0 saturated heterocycles. The summed E-state index contributed by atoms with van der Waals surface area (Å²) in [5.41, 5.74) is 1.61. The van der Waals surface area contributed by atoms with Crippen LogP contribution in [0.4, 0.5) is 5.69 Å². The van der Waals surface area contributed by atoms with Crippen molar-refractivity contribution in [2.24, 2.45) is 5.10 Å². The average molecular weight is 649 g/mol. The second kappa shape index (κ2) is 11.5. The van der Waals surface area contributed by atoms with Crippen LogP contribution >= 0.6 is 43.5 Å². The van der Waals surface area contributed by atoms with Crippen molar-refractivity contribution < 1.29 is 9.66 Å². The van der Waals surface area contributed by atoms with E-state index in [-0.39, 0.29) is 23.8 Å². The zero-order valence-corrected chi connectivity index (χ0v) is 23.7. The van der Waals surface area contributed by atoms with Gasteiger partial charge in [0.05, 0.1) is 26.5 Å². The first-order valence-electron chi connectivity index (χ1n) is 11.3. The van der Waals surface area contributed by atoms with E-state index in [0.29, 0.717) is 37.5 Å². The summed E-state index contributed by atoms with van der Waals surface area (Å²) in [6.45, 7) is 4.17. The van der Waals surface area contributed by atoms with Crippen molar-refractivity contribution in [3.8, 4) is 5.75 Å². The predicted octanol–water partition coefficient (Wildman–Crippen LogP) is 7.46. The van der Waals surface area contributed by atoms with Gasteiger partial charge in [0.15, 0.2) is 0 Å². The Morgan fingerprint density at radius 3 is 2.59 bits per heavy atom. The Bertz CT molecular complexity index is 1570. The third-order valence-electron chi connectivity index (χ3n) is 5.77. The highest BCUT2D eigenvalue weighted by Gasteiger charge is 2.17. The molecule has 0 amide bonds. The maximum Gasteiger partial charge on any atom is 0.282 e. The van der Waals surface area contributed by atoms with E-state index in [2.05, 4.69) is 37.0 Å². The Kier molecular flexibility index (Phi) is 8.41. The molecule has 0 saturated carbocycles. The number of ether oxygens (including phenoxy) is 1. The van der Waals surface area contributed by atoms with Crippen LogP contribution in [0.3, 0.4) is 0 Å². The van der Waals surface area contributed by atoms with Gasteiger partial charge in [0.1, 0.15) is 18.2 Å². The molecule has 1 heterocycles. The molecule has 1 atom stereocenters. The number of nitro groups is 1. The van der Waals surface area contributed by atoms with E-state index in [1.54, 1.807) is 36.4 Å². The normalized spacial score (nSPS) is 12.2. The number of rotatable bonds is 8. The summed E-state index contributed by atoms with van der Waals surface area (Å²) in [5.74, 6) is 0.996. The Hall–Kier alpha value is -3.08. The van der Waals surface area contributed by atoms with Gasteiger partial charge in [0.2, 0.25) is 0 Å². The van der Waals surface area contributed by atoms with Crippen molar-refractivity contribution in [3.63, 3.8) is 0 Å². The van der Waals surface area contributed by atoms with Crippen LogP contribution in [0.25, 0.3) is 10.9 Å². The first kappa shape index (κ1) is 27.0. The summed E-state index contributed by atoms with van der Waals surface area (Å²) in [6, 6.07) is 14.9. The van der Waals surface area contributed by atoms with Gasteiger partial charge in [-0.1, -0.05) is 41.4 Å². The highest BCUT2D eigenvalue weighted by Crippen LogP contribution is 2.33. The lowest BCUT2D eigenvalue weighted by atomic mass is 10.1. The molecule has 0 N–H and O–H groups in total. The molecule has 190 valence electrons. The van der Waals surface area contributed by atoms with Gasteiger partial charge >= 0.3 is 0 Å². The van der Waals surface area contributed by atoms with Crippen molar-refractivity contribution >= 4 is 66.3 Å². The number of non-ortho nitro benzene ring substituents is 1. The number of nitrogens with zero attached hydrogens (tertiary/aromatic N) is 4. The van der Waals surface area contributed by atoms with Gasteiger partial charge in [-0.15, -0.1) is 0 Å². The molecule has 4 rings (SSSR count). The zero-order chi connectivity index (χ0) is 26.7. The van der Waals surface area contributed by atoms with Crippen LogP contribution < -0.4 is 10.3 Å². The van der Waals surface area contributed by atoms with Gasteiger partial charge < -0.3 is 4.74 Å². The van der Waals surface area contributed by atoms with Crippen molar-refractivity contribution in [1.82, 2.24) is 9.66 Å². The van der Waals surface area contributed by atoms with Gasteiger partial charge in [0.25, 0.3) is 11.2 Å². The molecule has 8 nitrogen and oxygen atoms in total. The molecule has 4 aromatic rings. The molecule has 0 radical (unpaired) electrons. The van der Waals surface area contributed by atoms with Gasteiger partial charge in [0, 0.05) is 33.1 Å². The highest BCUT2D eigenvalue weighted by atomic mass is 79.9. The molecule has 0 aliphatic rings. The van der Waals surface area contributed by atoms with Gasteiger partial charge in [-0.25, -0.2) is 4.98 Å². The summed E-state index contributed by atoms with van der Waals surface area (Å²) in [4.78, 5) is 28.6. The first-order chi connectivity index (χ1) is 17.7. The second-order valence-corrected chi connectivity index (χ2v) is 10.5. The fourth-order valence-electron chi connectivity index (χ4n) is 3.60. The minimum absolute atomic E-state index is 0.00261. The van der Waals surface area contributed by atoms with Gasteiger partial charge in [-0.2, -0.15) is 9.78 Å². The van der Waals surface area contributed by atoms with Crippen molar-refractivity contribution in [1.29, 1.82) is 0 Å². The van der Waals surface area contributed by atoms with Crippen LogP contribution in [-0.2, 0) is 6.61 Å².